The smallest absolute Gasteiger partial charge is 0.338 e. The number of hydrogen-bond donors (Lipinski definition) is 2. The molecular formula is C17H18ClN3O5S. The van der Waals surface area contributed by atoms with Crippen molar-refractivity contribution in [2.24, 2.45) is 0 Å². The van der Waals surface area contributed by atoms with Crippen LogP contribution in [0.25, 0.3) is 0 Å². The number of nitrogens with one attached hydrogen (secondary N) is 1. The molecule has 27 heavy (non-hydrogen) atoms. The van der Waals surface area contributed by atoms with Crippen LogP contribution in [-0.4, -0.2) is 45.3 Å². The summed E-state index contributed by atoms with van der Waals surface area (Å²) in [6.07, 6.45) is 0. The molecule has 3 N–H and O–H groups in total. The van der Waals surface area contributed by atoms with Crippen molar-refractivity contribution in [2.45, 2.75) is 4.90 Å². The van der Waals surface area contributed by atoms with E-state index in [1.807, 2.05) is 0 Å². The molecule has 0 aromatic heterocycles. The number of nitrogen functional groups attached to an aromatic ring is 1. The maximum absolute atomic E-state index is 12.0. The molecule has 8 nitrogen and oxygen atoms in total. The largest absolute Gasteiger partial charge is 0.452 e. The number of halogens is 1. The van der Waals surface area contributed by atoms with Crippen molar-refractivity contribution in [2.75, 3.05) is 31.8 Å². The Morgan fingerprint density at radius 2 is 1.78 bits per heavy atom. The lowest BCUT2D eigenvalue weighted by Gasteiger charge is -2.12. The highest BCUT2D eigenvalue weighted by Gasteiger charge is 2.17. The molecule has 0 radical (unpaired) electrons. The third-order valence-corrected chi connectivity index (χ3v) is 5.66. The van der Waals surface area contributed by atoms with E-state index in [0.717, 1.165) is 4.31 Å². The number of hydrogen-bond acceptors (Lipinski definition) is 6. The topological polar surface area (TPSA) is 119 Å². The van der Waals surface area contributed by atoms with E-state index in [0.29, 0.717) is 10.7 Å². The summed E-state index contributed by atoms with van der Waals surface area (Å²) in [5.41, 5.74) is 6.37. The van der Waals surface area contributed by atoms with Crippen LogP contribution in [0.15, 0.2) is 47.4 Å². The van der Waals surface area contributed by atoms with Gasteiger partial charge < -0.3 is 15.8 Å². The molecule has 2 aromatic rings. The Balaban J connectivity index is 1.94. The number of benzene rings is 2. The molecule has 0 unspecified atom stereocenters. The lowest BCUT2D eigenvalue weighted by atomic mass is 10.2. The lowest BCUT2D eigenvalue weighted by molar-refractivity contribution is -0.119. The van der Waals surface area contributed by atoms with Gasteiger partial charge in [0, 0.05) is 19.8 Å². The summed E-state index contributed by atoms with van der Waals surface area (Å²) in [6, 6.07) is 9.86. The van der Waals surface area contributed by atoms with Crippen molar-refractivity contribution in [1.29, 1.82) is 0 Å². The molecular weight excluding hydrogens is 394 g/mol. The van der Waals surface area contributed by atoms with Gasteiger partial charge in [-0.2, -0.15) is 0 Å². The van der Waals surface area contributed by atoms with Gasteiger partial charge in [-0.3, -0.25) is 4.79 Å². The first kappa shape index (κ1) is 20.7. The summed E-state index contributed by atoms with van der Waals surface area (Å²) >= 11 is 5.78. The zero-order valence-corrected chi connectivity index (χ0v) is 16.2. The average molecular weight is 412 g/mol. The number of nitrogens with zero attached hydrogens (tertiary/aromatic N) is 1. The molecule has 10 heteroatoms. The monoisotopic (exact) mass is 411 g/mol. The fourth-order valence-corrected chi connectivity index (χ4v) is 3.02. The number of carbonyl (C=O) groups excluding carboxylic acids is 2. The van der Waals surface area contributed by atoms with Crippen molar-refractivity contribution < 1.29 is 22.7 Å². The van der Waals surface area contributed by atoms with Crippen molar-refractivity contribution in [1.82, 2.24) is 4.31 Å². The number of amides is 1. The molecule has 2 aromatic carbocycles. The highest BCUT2D eigenvalue weighted by Crippen LogP contribution is 2.20. The maximum Gasteiger partial charge on any atom is 0.338 e. The van der Waals surface area contributed by atoms with Gasteiger partial charge in [-0.15, -0.1) is 0 Å². The van der Waals surface area contributed by atoms with Gasteiger partial charge >= 0.3 is 5.97 Å². The number of rotatable bonds is 6. The SMILES string of the molecule is CN(C)S(=O)(=O)c1ccc(NC(=O)COC(=O)c2ccc(Cl)c(N)c2)cc1. The van der Waals surface area contributed by atoms with Crippen LogP contribution in [0.1, 0.15) is 10.4 Å². The van der Waals surface area contributed by atoms with Crippen molar-refractivity contribution in [3.63, 3.8) is 0 Å². The second-order valence-corrected chi connectivity index (χ2v) is 8.23. The molecule has 0 aliphatic rings. The minimum Gasteiger partial charge on any atom is -0.452 e. The van der Waals surface area contributed by atoms with E-state index >= 15 is 0 Å². The first-order valence-corrected chi connectivity index (χ1v) is 9.47. The second kappa shape index (κ2) is 8.38. The zero-order chi connectivity index (χ0) is 20.2. The van der Waals surface area contributed by atoms with Crippen LogP contribution in [0.4, 0.5) is 11.4 Å². The van der Waals surface area contributed by atoms with Crippen LogP contribution in [0.5, 0.6) is 0 Å². The van der Waals surface area contributed by atoms with Gasteiger partial charge in [0.2, 0.25) is 10.0 Å². The molecule has 1 amide bonds. The Kier molecular flexibility index (Phi) is 6.42. The maximum atomic E-state index is 12.0. The number of esters is 1. The van der Waals surface area contributed by atoms with Crippen LogP contribution in [0.3, 0.4) is 0 Å². The predicted octanol–water partition coefficient (Wildman–Crippen LogP) is 1.97. The summed E-state index contributed by atoms with van der Waals surface area (Å²) in [7, 11) is -0.701. The van der Waals surface area contributed by atoms with Crippen LogP contribution < -0.4 is 11.1 Å². The molecule has 0 atom stereocenters. The zero-order valence-electron chi connectivity index (χ0n) is 14.6. The minimum absolute atomic E-state index is 0.0947. The Morgan fingerprint density at radius 3 is 2.33 bits per heavy atom. The number of ether oxygens (including phenoxy) is 1. The molecule has 0 fully saturated rings. The summed E-state index contributed by atoms with van der Waals surface area (Å²) in [5, 5.41) is 2.82. The summed E-state index contributed by atoms with van der Waals surface area (Å²) in [4.78, 5) is 23.9. The first-order chi connectivity index (χ1) is 12.6. The van der Waals surface area contributed by atoms with E-state index < -0.39 is 28.5 Å². The van der Waals surface area contributed by atoms with Gasteiger partial charge in [-0.25, -0.2) is 17.5 Å². The van der Waals surface area contributed by atoms with Gasteiger partial charge in [0.25, 0.3) is 5.91 Å². The van der Waals surface area contributed by atoms with Crippen LogP contribution in [-0.2, 0) is 19.6 Å². The Labute approximate surface area is 161 Å². The summed E-state index contributed by atoms with van der Waals surface area (Å²) in [5.74, 6) is -1.30. The molecule has 0 aliphatic heterocycles. The molecule has 0 saturated heterocycles. The van der Waals surface area contributed by atoms with E-state index in [1.54, 1.807) is 0 Å². The molecule has 144 valence electrons. The van der Waals surface area contributed by atoms with E-state index in [-0.39, 0.29) is 16.1 Å². The summed E-state index contributed by atoms with van der Waals surface area (Å²) < 4.78 is 30.0. The average Bonchev–Trinajstić information content (AvgIpc) is 2.62. The standard InChI is InChI=1S/C17H18ClN3O5S/c1-21(2)27(24,25)13-6-4-12(5-7-13)20-16(22)10-26-17(23)11-3-8-14(18)15(19)9-11/h3-9H,10,19H2,1-2H3,(H,20,22). The predicted molar refractivity (Wildman–Crippen MR) is 102 cm³/mol. The fraction of sp³-hybridized carbons (Fsp3) is 0.176. The molecule has 0 saturated carbocycles. The van der Waals surface area contributed by atoms with E-state index in [4.69, 9.17) is 22.1 Å². The van der Waals surface area contributed by atoms with E-state index in [9.17, 15) is 18.0 Å². The van der Waals surface area contributed by atoms with Gasteiger partial charge in [-0.1, -0.05) is 11.6 Å². The van der Waals surface area contributed by atoms with Crippen molar-refractivity contribution in [3.8, 4) is 0 Å². The van der Waals surface area contributed by atoms with Crippen LogP contribution >= 0.6 is 11.6 Å². The van der Waals surface area contributed by atoms with Gasteiger partial charge in [0.05, 0.1) is 21.2 Å². The quantitative estimate of drug-likeness (QED) is 0.554. The van der Waals surface area contributed by atoms with Crippen molar-refractivity contribution in [3.05, 3.63) is 53.1 Å². The van der Waals surface area contributed by atoms with Crippen LogP contribution in [0.2, 0.25) is 5.02 Å². The third kappa shape index (κ3) is 5.19. The number of carbonyl (C=O) groups is 2. The minimum atomic E-state index is -3.55. The molecule has 0 aliphatic carbocycles. The molecule has 0 spiro atoms. The lowest BCUT2D eigenvalue weighted by Crippen LogP contribution is -2.22. The van der Waals surface area contributed by atoms with Gasteiger partial charge in [0.1, 0.15) is 0 Å². The number of nitrogens with two attached hydrogens (primary N) is 1. The number of sulfonamides is 1. The fourth-order valence-electron chi connectivity index (χ4n) is 2.00. The summed E-state index contributed by atoms with van der Waals surface area (Å²) in [6.45, 7) is -0.515. The van der Waals surface area contributed by atoms with Gasteiger partial charge in [-0.05, 0) is 42.5 Å². The molecule has 2 rings (SSSR count). The Morgan fingerprint density at radius 1 is 1.15 bits per heavy atom. The third-order valence-electron chi connectivity index (χ3n) is 3.48. The Bertz CT molecular complexity index is 959. The Hall–Kier alpha value is -2.62. The molecule has 0 heterocycles. The normalized spacial score (nSPS) is 11.3. The second-order valence-electron chi connectivity index (χ2n) is 5.67. The van der Waals surface area contributed by atoms with Gasteiger partial charge in [0.15, 0.2) is 6.61 Å². The van der Waals surface area contributed by atoms with E-state index in [2.05, 4.69) is 5.32 Å². The van der Waals surface area contributed by atoms with E-state index in [1.165, 1.54) is 56.6 Å². The first-order valence-electron chi connectivity index (χ1n) is 7.66. The number of anilines is 2. The highest BCUT2D eigenvalue weighted by molar-refractivity contribution is 7.89. The van der Waals surface area contributed by atoms with Crippen molar-refractivity contribution >= 4 is 44.9 Å². The highest BCUT2D eigenvalue weighted by atomic mass is 35.5. The molecule has 0 bridgehead atoms. The van der Waals surface area contributed by atoms with Crippen LogP contribution in [0, 0.1) is 0 Å².